The van der Waals surface area contributed by atoms with Gasteiger partial charge in [-0.15, -0.1) is 0 Å². The first kappa shape index (κ1) is 13.9. The van der Waals surface area contributed by atoms with Crippen LogP contribution in [0, 0.1) is 0 Å². The van der Waals surface area contributed by atoms with Gasteiger partial charge in [0, 0.05) is 12.8 Å². The molecule has 0 saturated heterocycles. The van der Waals surface area contributed by atoms with Gasteiger partial charge in [0.05, 0.1) is 12.2 Å². The normalized spacial score (nSPS) is 14.5. The number of ether oxygens (including phenoxy) is 1. The van der Waals surface area contributed by atoms with E-state index in [0.29, 0.717) is 12.8 Å². The fourth-order valence-electron chi connectivity index (χ4n) is 1.19. The molecule has 0 fully saturated rings. The van der Waals surface area contributed by atoms with Gasteiger partial charge in [-0.05, 0) is 26.7 Å². The Hall–Kier alpha value is -1.10. The zero-order valence-electron chi connectivity index (χ0n) is 9.10. The largest absolute Gasteiger partial charge is 0.481 e. The van der Waals surface area contributed by atoms with Gasteiger partial charge in [-0.1, -0.05) is 0 Å². The molecular weight excluding hydrogens is 200 g/mol. The van der Waals surface area contributed by atoms with Crippen LogP contribution in [0.2, 0.25) is 0 Å². The van der Waals surface area contributed by atoms with Crippen molar-refractivity contribution >= 4 is 11.9 Å². The van der Waals surface area contributed by atoms with E-state index in [4.69, 9.17) is 14.9 Å². The van der Waals surface area contributed by atoms with Crippen molar-refractivity contribution < 1.29 is 24.5 Å². The van der Waals surface area contributed by atoms with Crippen LogP contribution in [0.3, 0.4) is 0 Å². The molecule has 0 saturated carbocycles. The topological polar surface area (TPSA) is 83.8 Å². The Morgan fingerprint density at radius 3 is 1.60 bits per heavy atom. The van der Waals surface area contributed by atoms with E-state index < -0.39 is 11.9 Å². The van der Waals surface area contributed by atoms with Crippen LogP contribution in [0.4, 0.5) is 0 Å². The molecule has 0 radical (unpaired) electrons. The van der Waals surface area contributed by atoms with E-state index >= 15 is 0 Å². The maximum Gasteiger partial charge on any atom is 0.303 e. The first-order valence-electron chi connectivity index (χ1n) is 5.01. The molecule has 0 amide bonds. The molecule has 2 atom stereocenters. The van der Waals surface area contributed by atoms with Crippen molar-refractivity contribution in [2.75, 3.05) is 0 Å². The molecular formula is C10H18O5. The lowest BCUT2D eigenvalue weighted by molar-refractivity contribution is -0.138. The minimum atomic E-state index is -0.844. The zero-order valence-corrected chi connectivity index (χ0v) is 9.10. The van der Waals surface area contributed by atoms with Gasteiger partial charge in [-0.3, -0.25) is 9.59 Å². The van der Waals surface area contributed by atoms with E-state index in [9.17, 15) is 9.59 Å². The van der Waals surface area contributed by atoms with Crippen LogP contribution in [0.25, 0.3) is 0 Å². The number of carboxylic acids is 2. The summed E-state index contributed by atoms with van der Waals surface area (Å²) in [5, 5.41) is 16.9. The Kier molecular flexibility index (Phi) is 6.70. The predicted octanol–water partition coefficient (Wildman–Crippen LogP) is 1.51. The molecule has 0 aliphatic rings. The molecule has 0 aromatic carbocycles. The van der Waals surface area contributed by atoms with Crippen LogP contribution < -0.4 is 0 Å². The third-order valence-electron chi connectivity index (χ3n) is 1.99. The number of carboxylic acid groups (broad SMARTS) is 2. The Morgan fingerprint density at radius 2 is 1.33 bits per heavy atom. The third-order valence-corrected chi connectivity index (χ3v) is 1.99. The maximum absolute atomic E-state index is 10.3. The van der Waals surface area contributed by atoms with E-state index in [-0.39, 0.29) is 25.0 Å². The lowest BCUT2D eigenvalue weighted by Gasteiger charge is -2.17. The Bertz CT molecular complexity index is 192. The number of rotatable bonds is 8. The fourth-order valence-corrected chi connectivity index (χ4v) is 1.19. The first-order chi connectivity index (χ1) is 6.91. The second kappa shape index (κ2) is 7.23. The number of carbonyl (C=O) groups is 2. The van der Waals surface area contributed by atoms with E-state index in [0.717, 1.165) is 0 Å². The summed E-state index contributed by atoms with van der Waals surface area (Å²) in [6.07, 6.45) is 0.758. The highest BCUT2D eigenvalue weighted by Gasteiger charge is 2.11. The van der Waals surface area contributed by atoms with Gasteiger partial charge in [0.1, 0.15) is 0 Å². The quantitative estimate of drug-likeness (QED) is 0.645. The molecule has 0 aliphatic heterocycles. The summed E-state index contributed by atoms with van der Waals surface area (Å²) in [4.78, 5) is 20.5. The van der Waals surface area contributed by atoms with Gasteiger partial charge in [0.25, 0.3) is 0 Å². The number of hydrogen-bond donors (Lipinski definition) is 2. The highest BCUT2D eigenvalue weighted by molar-refractivity contribution is 5.66. The summed E-state index contributed by atoms with van der Waals surface area (Å²) >= 11 is 0. The van der Waals surface area contributed by atoms with Crippen LogP contribution >= 0.6 is 0 Å². The average Bonchev–Trinajstić information content (AvgIpc) is 2.11. The second-order valence-corrected chi connectivity index (χ2v) is 3.62. The predicted molar refractivity (Wildman–Crippen MR) is 53.7 cm³/mol. The maximum atomic E-state index is 10.3. The van der Waals surface area contributed by atoms with Crippen LogP contribution in [0.5, 0.6) is 0 Å². The van der Waals surface area contributed by atoms with E-state index in [1.165, 1.54) is 0 Å². The molecule has 0 heterocycles. The smallest absolute Gasteiger partial charge is 0.303 e. The molecule has 5 nitrogen and oxygen atoms in total. The summed E-state index contributed by atoms with van der Waals surface area (Å²) in [7, 11) is 0. The van der Waals surface area contributed by atoms with Crippen LogP contribution in [0.15, 0.2) is 0 Å². The average molecular weight is 218 g/mol. The van der Waals surface area contributed by atoms with Crippen molar-refractivity contribution in [1.82, 2.24) is 0 Å². The highest BCUT2D eigenvalue weighted by Crippen LogP contribution is 2.09. The molecule has 0 aliphatic carbocycles. The van der Waals surface area contributed by atoms with Gasteiger partial charge < -0.3 is 14.9 Å². The monoisotopic (exact) mass is 218 g/mol. The van der Waals surface area contributed by atoms with Crippen molar-refractivity contribution in [2.45, 2.75) is 51.7 Å². The number of aliphatic carboxylic acids is 2. The zero-order chi connectivity index (χ0) is 11.8. The third kappa shape index (κ3) is 9.21. The Balaban J connectivity index is 3.61. The highest BCUT2D eigenvalue weighted by atomic mass is 16.5. The molecule has 0 aromatic rings. The Labute approximate surface area is 89.0 Å². The van der Waals surface area contributed by atoms with Crippen molar-refractivity contribution in [2.24, 2.45) is 0 Å². The van der Waals surface area contributed by atoms with Gasteiger partial charge in [0.15, 0.2) is 0 Å². The minimum absolute atomic E-state index is 0.0762. The molecule has 0 unspecified atom stereocenters. The van der Waals surface area contributed by atoms with E-state index in [2.05, 4.69) is 0 Å². The summed E-state index contributed by atoms with van der Waals surface area (Å²) in [6, 6.07) is 0. The first-order valence-corrected chi connectivity index (χ1v) is 5.01. The van der Waals surface area contributed by atoms with Crippen molar-refractivity contribution in [3.05, 3.63) is 0 Å². The minimum Gasteiger partial charge on any atom is -0.481 e. The van der Waals surface area contributed by atoms with Crippen molar-refractivity contribution in [3.63, 3.8) is 0 Å². The molecule has 0 rings (SSSR count). The van der Waals surface area contributed by atoms with Crippen LogP contribution in [-0.2, 0) is 14.3 Å². The van der Waals surface area contributed by atoms with Crippen molar-refractivity contribution in [1.29, 1.82) is 0 Å². The van der Waals surface area contributed by atoms with E-state index in [1.807, 2.05) is 0 Å². The summed E-state index contributed by atoms with van der Waals surface area (Å²) in [6.45, 7) is 3.58. The fraction of sp³-hybridized carbons (Fsp3) is 0.800. The van der Waals surface area contributed by atoms with Gasteiger partial charge in [0.2, 0.25) is 0 Å². The second-order valence-electron chi connectivity index (χ2n) is 3.62. The lowest BCUT2D eigenvalue weighted by atomic mass is 10.2. The Morgan fingerprint density at radius 1 is 1.00 bits per heavy atom. The molecule has 0 spiro atoms. The molecule has 5 heteroatoms. The van der Waals surface area contributed by atoms with Crippen LogP contribution in [-0.4, -0.2) is 34.4 Å². The summed E-state index contributed by atoms with van der Waals surface area (Å²) < 4.78 is 5.42. The van der Waals surface area contributed by atoms with Crippen LogP contribution in [0.1, 0.15) is 39.5 Å². The molecule has 0 bridgehead atoms. The standard InChI is InChI=1S/C10H18O5/c1-7(3-5-9(11)12)15-8(2)4-6-10(13)14/h7-8H,3-6H2,1-2H3,(H,11,12)(H,13,14)/t7-,8-/m0/s1. The molecule has 88 valence electrons. The van der Waals surface area contributed by atoms with Crippen molar-refractivity contribution in [3.8, 4) is 0 Å². The summed E-state index contributed by atoms with van der Waals surface area (Å²) in [5.41, 5.74) is 0. The van der Waals surface area contributed by atoms with E-state index in [1.54, 1.807) is 13.8 Å². The van der Waals surface area contributed by atoms with Gasteiger partial charge in [-0.25, -0.2) is 0 Å². The SMILES string of the molecule is C[C@@H](CCC(=O)O)O[C@@H](C)CCC(=O)O. The summed E-state index contributed by atoms with van der Waals surface area (Å²) in [5.74, 6) is -1.69. The molecule has 15 heavy (non-hydrogen) atoms. The van der Waals surface area contributed by atoms with Gasteiger partial charge >= 0.3 is 11.9 Å². The number of hydrogen-bond acceptors (Lipinski definition) is 3. The molecule has 2 N–H and O–H groups in total. The lowest BCUT2D eigenvalue weighted by Crippen LogP contribution is -2.19. The van der Waals surface area contributed by atoms with Gasteiger partial charge in [-0.2, -0.15) is 0 Å². The molecule has 0 aromatic heterocycles.